The molecule has 0 saturated heterocycles. The van der Waals surface area contributed by atoms with Crippen LogP contribution in [-0.2, 0) is 0 Å². The molecule has 0 bridgehead atoms. The Labute approximate surface area is 218 Å². The third-order valence-electron chi connectivity index (χ3n) is 2.86. The van der Waals surface area contributed by atoms with Crippen molar-refractivity contribution in [3.63, 3.8) is 0 Å². The highest BCUT2D eigenvalue weighted by Crippen LogP contribution is 2.20. The van der Waals surface area contributed by atoms with E-state index in [0.29, 0.717) is 5.75 Å². The fourth-order valence-electron chi connectivity index (χ4n) is 1.93. The maximum absolute atomic E-state index is 8.96. The Morgan fingerprint density at radius 1 is 0.667 bits per heavy atom. The van der Waals surface area contributed by atoms with Crippen LogP contribution < -0.4 is 0 Å². The molecule has 144 valence electrons. The van der Waals surface area contributed by atoms with Crippen LogP contribution in [0.15, 0.2) is 68.0 Å². The van der Waals surface area contributed by atoms with Gasteiger partial charge in [0.25, 0.3) is 0 Å². The van der Waals surface area contributed by atoms with Crippen molar-refractivity contribution in [2.24, 2.45) is 0 Å². The molecule has 27 heavy (non-hydrogen) atoms. The summed E-state index contributed by atoms with van der Waals surface area (Å²) in [7, 11) is 0. The fraction of sp³-hybridized carbons (Fsp3) is 0.100. The minimum absolute atomic E-state index is 0.307. The van der Waals surface area contributed by atoms with Gasteiger partial charge < -0.3 is 5.11 Å². The summed E-state index contributed by atoms with van der Waals surface area (Å²) in [6.07, 6.45) is 0. The molecule has 0 aliphatic carbocycles. The van der Waals surface area contributed by atoms with E-state index in [2.05, 4.69) is 111 Å². The fourth-order valence-corrected chi connectivity index (χ4v) is 6.84. The smallest absolute Gasteiger partial charge is 0.116 e. The number of phenolic OH excluding ortho intramolecular Hbond substituents is 1. The van der Waals surface area contributed by atoms with Gasteiger partial charge in [0, 0.05) is 25.6 Å². The zero-order valence-corrected chi connectivity index (χ0v) is 24.2. The molecule has 0 heterocycles. The van der Waals surface area contributed by atoms with Crippen LogP contribution in [0.1, 0.15) is 11.1 Å². The van der Waals surface area contributed by atoms with Crippen LogP contribution in [0.5, 0.6) is 5.75 Å². The second-order valence-corrected chi connectivity index (χ2v) is 11.2. The third-order valence-corrected chi connectivity index (χ3v) is 5.70. The summed E-state index contributed by atoms with van der Waals surface area (Å²) < 4.78 is 5.64. The quantitative estimate of drug-likeness (QED) is 0.225. The van der Waals surface area contributed by atoms with Crippen LogP contribution in [0.4, 0.5) is 0 Å². The Morgan fingerprint density at radius 2 is 1.11 bits per heavy atom. The maximum Gasteiger partial charge on any atom is 0.116 e. The number of aromatic hydroxyl groups is 1. The van der Waals surface area contributed by atoms with E-state index in [0.717, 1.165) is 24.0 Å². The molecule has 0 aliphatic rings. The lowest BCUT2D eigenvalue weighted by Gasteiger charge is -1.94. The van der Waals surface area contributed by atoms with Gasteiger partial charge in [0.15, 0.2) is 0 Å². The lowest BCUT2D eigenvalue weighted by atomic mass is 10.2. The molecule has 0 atom stereocenters. The summed E-state index contributed by atoms with van der Waals surface area (Å²) in [6, 6.07) is 17.4. The molecule has 0 aromatic heterocycles. The SMILES string of the molecule is Brc1cc(I)cc(I)c1.Cc1cc(Cl)cc(Br)c1.Cc1cc(O)cc(Br)c1. The van der Waals surface area contributed by atoms with E-state index in [4.69, 9.17) is 16.7 Å². The maximum atomic E-state index is 8.96. The van der Waals surface area contributed by atoms with E-state index >= 15 is 0 Å². The van der Waals surface area contributed by atoms with Crippen molar-refractivity contribution in [1.29, 1.82) is 0 Å². The minimum atomic E-state index is 0.307. The number of benzene rings is 3. The molecular formula is C20H16Br3ClI2O. The van der Waals surface area contributed by atoms with E-state index in [1.165, 1.54) is 12.7 Å². The van der Waals surface area contributed by atoms with Crippen molar-refractivity contribution in [1.82, 2.24) is 0 Å². The molecule has 3 rings (SSSR count). The first-order valence-corrected chi connectivity index (χ1v) is 12.5. The van der Waals surface area contributed by atoms with Gasteiger partial charge in [0.1, 0.15) is 5.75 Å². The van der Waals surface area contributed by atoms with Crippen LogP contribution in [-0.4, -0.2) is 5.11 Å². The van der Waals surface area contributed by atoms with E-state index in [-0.39, 0.29) is 0 Å². The zero-order valence-electron chi connectivity index (χ0n) is 14.4. The van der Waals surface area contributed by atoms with Crippen molar-refractivity contribution in [3.05, 3.63) is 91.3 Å². The van der Waals surface area contributed by atoms with Crippen molar-refractivity contribution >= 4 is 105 Å². The molecule has 0 unspecified atom stereocenters. The Hall–Kier alpha value is 0.650. The van der Waals surface area contributed by atoms with E-state index in [1.807, 2.05) is 38.1 Å². The molecule has 0 aliphatic heterocycles. The summed E-state index contributed by atoms with van der Waals surface area (Å²) in [5, 5.41) is 9.74. The summed E-state index contributed by atoms with van der Waals surface area (Å²) in [5.74, 6) is 0.307. The van der Waals surface area contributed by atoms with Gasteiger partial charge in [-0.25, -0.2) is 0 Å². The van der Waals surface area contributed by atoms with Crippen molar-refractivity contribution in [2.75, 3.05) is 0 Å². The molecule has 7 heteroatoms. The second-order valence-electron chi connectivity index (χ2n) is 5.52. The van der Waals surface area contributed by atoms with Crippen LogP contribution in [0.2, 0.25) is 5.02 Å². The van der Waals surface area contributed by atoms with E-state index in [9.17, 15) is 0 Å². The average Bonchev–Trinajstić information content (AvgIpc) is 2.43. The minimum Gasteiger partial charge on any atom is -0.508 e. The van der Waals surface area contributed by atoms with Crippen LogP contribution in [0.3, 0.4) is 0 Å². The number of hydrogen-bond acceptors (Lipinski definition) is 1. The molecule has 3 aromatic rings. The molecule has 0 radical (unpaired) electrons. The first kappa shape index (κ1) is 25.7. The predicted molar refractivity (Wildman–Crippen MR) is 144 cm³/mol. The van der Waals surface area contributed by atoms with Gasteiger partial charge in [-0.15, -0.1) is 0 Å². The normalized spacial score (nSPS) is 9.63. The largest absolute Gasteiger partial charge is 0.508 e. The lowest BCUT2D eigenvalue weighted by molar-refractivity contribution is 0.474. The zero-order chi connectivity index (χ0) is 20.6. The summed E-state index contributed by atoms with van der Waals surface area (Å²) in [4.78, 5) is 0. The van der Waals surface area contributed by atoms with Crippen molar-refractivity contribution in [2.45, 2.75) is 13.8 Å². The van der Waals surface area contributed by atoms with Crippen molar-refractivity contribution in [3.8, 4) is 5.75 Å². The Morgan fingerprint density at radius 3 is 1.48 bits per heavy atom. The molecule has 0 saturated carbocycles. The molecule has 3 aromatic carbocycles. The third kappa shape index (κ3) is 12.1. The van der Waals surface area contributed by atoms with Gasteiger partial charge in [-0.2, -0.15) is 0 Å². The Kier molecular flexibility index (Phi) is 12.4. The Balaban J connectivity index is 0.000000202. The molecule has 1 nitrogen and oxygen atoms in total. The molecular weight excluding hydrogens is 785 g/mol. The summed E-state index contributed by atoms with van der Waals surface area (Å²) in [5.41, 5.74) is 2.23. The van der Waals surface area contributed by atoms with Gasteiger partial charge in [-0.3, -0.25) is 0 Å². The lowest BCUT2D eigenvalue weighted by Crippen LogP contribution is -1.73. The van der Waals surface area contributed by atoms with Gasteiger partial charge in [0.05, 0.1) is 0 Å². The van der Waals surface area contributed by atoms with Gasteiger partial charge in [0.2, 0.25) is 0 Å². The second kappa shape index (κ2) is 13.1. The van der Waals surface area contributed by atoms with Gasteiger partial charge in [-0.05, 0) is 125 Å². The highest BCUT2D eigenvalue weighted by Gasteiger charge is 1.92. The van der Waals surface area contributed by atoms with Gasteiger partial charge in [-0.1, -0.05) is 59.4 Å². The predicted octanol–water partition coefficient (Wildman–Crippen LogP) is 9.53. The van der Waals surface area contributed by atoms with Crippen LogP contribution >= 0.6 is 105 Å². The topological polar surface area (TPSA) is 20.2 Å². The Bertz CT molecular complexity index is 635. The number of rotatable bonds is 0. The molecule has 0 fully saturated rings. The first-order chi connectivity index (χ1) is 12.5. The monoisotopic (exact) mass is 798 g/mol. The highest BCUT2D eigenvalue weighted by molar-refractivity contribution is 14.1. The molecule has 1 N–H and O–H groups in total. The highest BCUT2D eigenvalue weighted by atomic mass is 127. The first-order valence-electron chi connectivity index (χ1n) is 7.55. The average molecular weight is 801 g/mol. The van der Waals surface area contributed by atoms with Crippen LogP contribution in [0.25, 0.3) is 0 Å². The van der Waals surface area contributed by atoms with Crippen LogP contribution in [0, 0.1) is 21.0 Å². The van der Waals surface area contributed by atoms with E-state index in [1.54, 1.807) is 12.1 Å². The number of phenols is 1. The number of hydrogen-bond donors (Lipinski definition) is 1. The summed E-state index contributed by atoms with van der Waals surface area (Å²) in [6.45, 7) is 3.95. The number of halogens is 6. The number of aryl methyl sites for hydroxylation is 2. The molecule has 0 spiro atoms. The summed E-state index contributed by atoms with van der Waals surface area (Å²) >= 11 is 20.3. The molecule has 0 amide bonds. The standard InChI is InChI=1S/C7H6BrCl.C7H7BrO.C6H3BrI2/c2*1-5-2-6(8)4-7(9)3-5;7-4-1-5(8)3-6(9)2-4/h2-4H,1H3;2-4,9H,1H3;1-3H. The van der Waals surface area contributed by atoms with Crippen molar-refractivity contribution < 1.29 is 5.11 Å². The van der Waals surface area contributed by atoms with Gasteiger partial charge >= 0.3 is 0 Å². The van der Waals surface area contributed by atoms with E-state index < -0.39 is 0 Å².